The molecule has 0 aliphatic heterocycles. The predicted octanol–water partition coefficient (Wildman–Crippen LogP) is 4.41. The molecular weight excluding hydrogens is 455 g/mol. The fourth-order valence-corrected chi connectivity index (χ4v) is 3.44. The van der Waals surface area contributed by atoms with Gasteiger partial charge in [0.1, 0.15) is 5.69 Å². The van der Waals surface area contributed by atoms with Gasteiger partial charge in [-0.05, 0) is 41.8 Å². The Balaban J connectivity index is 2.06. The summed E-state index contributed by atoms with van der Waals surface area (Å²) in [5, 5.41) is 2.87. The average Bonchev–Trinajstić information content (AvgIpc) is 2.64. The van der Waals surface area contributed by atoms with Crippen molar-refractivity contribution in [1.29, 1.82) is 0 Å². The molecular formula is C20H21ClF3N3O3S. The summed E-state index contributed by atoms with van der Waals surface area (Å²) in [4.78, 5) is 15.8. The van der Waals surface area contributed by atoms with E-state index in [0.29, 0.717) is 29.7 Å². The maximum atomic E-state index is 12.9. The van der Waals surface area contributed by atoms with E-state index in [1.54, 1.807) is 6.07 Å². The number of rotatable bonds is 8. The van der Waals surface area contributed by atoms with Crippen LogP contribution in [0.25, 0.3) is 6.08 Å². The molecule has 2 rings (SSSR count). The molecule has 1 aromatic carbocycles. The van der Waals surface area contributed by atoms with Crippen LogP contribution in [0.3, 0.4) is 0 Å². The number of anilines is 1. The van der Waals surface area contributed by atoms with E-state index in [9.17, 15) is 26.4 Å². The van der Waals surface area contributed by atoms with Crippen molar-refractivity contribution in [1.82, 2.24) is 10.3 Å². The predicted molar refractivity (Wildman–Crippen MR) is 114 cm³/mol. The number of pyridine rings is 1. The second kappa shape index (κ2) is 10.1. The van der Waals surface area contributed by atoms with Gasteiger partial charge < -0.3 is 5.32 Å². The quantitative estimate of drug-likeness (QED) is 0.554. The van der Waals surface area contributed by atoms with E-state index in [4.69, 9.17) is 11.6 Å². The molecule has 2 aromatic rings. The molecule has 0 saturated carbocycles. The first-order chi connectivity index (χ1) is 14.4. The van der Waals surface area contributed by atoms with E-state index in [0.717, 1.165) is 12.3 Å². The number of hydrogen-bond donors (Lipinski definition) is 2. The lowest BCUT2D eigenvalue weighted by molar-refractivity contribution is -0.141. The number of sulfonamides is 1. The minimum Gasteiger partial charge on any atom is -0.348 e. The van der Waals surface area contributed by atoms with E-state index in [1.165, 1.54) is 30.4 Å². The van der Waals surface area contributed by atoms with Crippen molar-refractivity contribution in [2.24, 2.45) is 0 Å². The van der Waals surface area contributed by atoms with Gasteiger partial charge in [-0.15, -0.1) is 0 Å². The highest BCUT2D eigenvalue weighted by molar-refractivity contribution is 7.92. The van der Waals surface area contributed by atoms with Crippen LogP contribution in [0.1, 0.15) is 35.9 Å². The lowest BCUT2D eigenvalue weighted by Crippen LogP contribution is -2.20. The summed E-state index contributed by atoms with van der Waals surface area (Å²) >= 11 is 6.12. The number of alkyl halides is 3. The van der Waals surface area contributed by atoms with Crippen molar-refractivity contribution >= 4 is 39.3 Å². The zero-order chi connectivity index (χ0) is 23.2. The number of amides is 1. The fourth-order valence-electron chi connectivity index (χ4n) is 2.63. The fraction of sp³-hybridized carbons (Fsp3) is 0.300. The van der Waals surface area contributed by atoms with Crippen LogP contribution in [0, 0.1) is 0 Å². The van der Waals surface area contributed by atoms with Crippen molar-refractivity contribution in [3.05, 3.63) is 63.9 Å². The molecule has 11 heteroatoms. The van der Waals surface area contributed by atoms with E-state index < -0.39 is 27.8 Å². The lowest BCUT2D eigenvalue weighted by atomic mass is 10.1. The first-order valence-corrected chi connectivity index (χ1v) is 11.4. The van der Waals surface area contributed by atoms with E-state index in [-0.39, 0.29) is 17.3 Å². The first kappa shape index (κ1) is 24.7. The van der Waals surface area contributed by atoms with Crippen LogP contribution in [0.4, 0.5) is 18.9 Å². The number of aryl methyl sites for hydroxylation is 1. The van der Waals surface area contributed by atoms with Crippen LogP contribution in [0.5, 0.6) is 0 Å². The zero-order valence-corrected chi connectivity index (χ0v) is 18.3. The molecule has 0 radical (unpaired) electrons. The Morgan fingerprint density at radius 2 is 1.94 bits per heavy atom. The molecule has 168 valence electrons. The molecule has 0 aliphatic rings. The first-order valence-electron chi connectivity index (χ1n) is 9.18. The van der Waals surface area contributed by atoms with Gasteiger partial charge in [0.15, 0.2) is 0 Å². The molecule has 1 heterocycles. The van der Waals surface area contributed by atoms with Crippen LogP contribution >= 0.6 is 11.6 Å². The molecule has 0 saturated heterocycles. The Hall–Kier alpha value is -2.59. The van der Waals surface area contributed by atoms with Gasteiger partial charge in [-0.2, -0.15) is 13.2 Å². The largest absolute Gasteiger partial charge is 0.433 e. The lowest BCUT2D eigenvalue weighted by Gasteiger charge is -2.10. The summed E-state index contributed by atoms with van der Waals surface area (Å²) in [5.41, 5.74) is 0.574. The summed E-state index contributed by atoms with van der Waals surface area (Å²) in [6.07, 6.45) is 0.0388. The van der Waals surface area contributed by atoms with Gasteiger partial charge in [0.25, 0.3) is 0 Å². The van der Waals surface area contributed by atoms with Crippen molar-refractivity contribution in [3.63, 3.8) is 0 Å². The third-order valence-electron chi connectivity index (χ3n) is 4.01. The highest BCUT2D eigenvalue weighted by Crippen LogP contribution is 2.29. The van der Waals surface area contributed by atoms with Gasteiger partial charge >= 0.3 is 6.18 Å². The van der Waals surface area contributed by atoms with Gasteiger partial charge in [0, 0.05) is 29.0 Å². The molecule has 31 heavy (non-hydrogen) atoms. The van der Waals surface area contributed by atoms with Gasteiger partial charge in [0.2, 0.25) is 15.9 Å². The number of carbonyl (C=O) groups is 1. The van der Waals surface area contributed by atoms with Gasteiger partial charge in [-0.25, -0.2) is 13.4 Å². The highest BCUT2D eigenvalue weighted by Gasteiger charge is 2.32. The Bertz CT molecular complexity index is 1090. The summed E-state index contributed by atoms with van der Waals surface area (Å²) in [6.45, 7) is 1.90. The molecule has 2 N–H and O–H groups in total. The van der Waals surface area contributed by atoms with Crippen molar-refractivity contribution in [2.45, 2.75) is 32.5 Å². The summed E-state index contributed by atoms with van der Waals surface area (Å²) in [7, 11) is -3.44. The third kappa shape index (κ3) is 7.87. The zero-order valence-electron chi connectivity index (χ0n) is 16.8. The molecule has 0 aliphatic carbocycles. The molecule has 0 fully saturated rings. The number of hydrogen-bond acceptors (Lipinski definition) is 4. The maximum absolute atomic E-state index is 12.9. The third-order valence-corrected chi connectivity index (χ3v) is 4.97. The van der Waals surface area contributed by atoms with Crippen LogP contribution in [-0.4, -0.2) is 25.6 Å². The molecule has 0 unspecified atom stereocenters. The standard InChI is InChI=1S/C20H21ClF3N3O3S/c1-3-4-17-13(6-9-18(26-17)20(22,23)24)7-10-19(28)25-12-14-5-8-15(11-16(14)21)27-31(2,29)30/h5-11,27H,3-4,12H2,1-2H3,(H,25,28). The number of nitrogens with zero attached hydrogens (tertiary/aromatic N) is 1. The number of aromatic nitrogens is 1. The molecule has 0 spiro atoms. The van der Waals surface area contributed by atoms with Crippen molar-refractivity contribution in [3.8, 4) is 0 Å². The minimum absolute atomic E-state index is 0.0776. The van der Waals surface area contributed by atoms with E-state index in [1.807, 2.05) is 6.92 Å². The van der Waals surface area contributed by atoms with Gasteiger partial charge in [-0.3, -0.25) is 9.52 Å². The minimum atomic E-state index is -4.53. The Morgan fingerprint density at radius 3 is 2.52 bits per heavy atom. The number of nitrogens with one attached hydrogen (secondary N) is 2. The molecule has 6 nitrogen and oxygen atoms in total. The van der Waals surface area contributed by atoms with E-state index in [2.05, 4.69) is 15.0 Å². The summed E-state index contributed by atoms with van der Waals surface area (Å²) < 4.78 is 63.4. The maximum Gasteiger partial charge on any atom is 0.433 e. The Labute approximate surface area is 183 Å². The van der Waals surface area contributed by atoms with Crippen LogP contribution in [0.15, 0.2) is 36.4 Å². The van der Waals surface area contributed by atoms with Gasteiger partial charge in [0.05, 0.1) is 6.26 Å². The topological polar surface area (TPSA) is 88.2 Å². The number of halogens is 4. The molecule has 1 aromatic heterocycles. The second-order valence-electron chi connectivity index (χ2n) is 6.71. The molecule has 1 amide bonds. The number of carbonyl (C=O) groups excluding carboxylic acids is 1. The van der Waals surface area contributed by atoms with Crippen molar-refractivity contribution < 1.29 is 26.4 Å². The molecule has 0 atom stereocenters. The average molecular weight is 476 g/mol. The highest BCUT2D eigenvalue weighted by atomic mass is 35.5. The summed E-state index contributed by atoms with van der Waals surface area (Å²) in [5.74, 6) is -0.475. The van der Waals surface area contributed by atoms with Gasteiger partial charge in [-0.1, -0.05) is 37.1 Å². The molecule has 0 bridgehead atoms. The summed E-state index contributed by atoms with van der Waals surface area (Å²) in [6, 6.07) is 6.66. The monoisotopic (exact) mass is 475 g/mol. The normalized spacial score (nSPS) is 12.2. The van der Waals surface area contributed by atoms with Crippen molar-refractivity contribution in [2.75, 3.05) is 11.0 Å². The van der Waals surface area contributed by atoms with E-state index >= 15 is 0 Å². The SMILES string of the molecule is CCCc1nc(C(F)(F)F)ccc1C=CC(=O)NCc1ccc(NS(C)(=O)=O)cc1Cl. The number of benzene rings is 1. The Kier molecular flexibility index (Phi) is 8.08. The smallest absolute Gasteiger partial charge is 0.348 e. The van der Waals surface area contributed by atoms with Crippen LogP contribution in [0.2, 0.25) is 5.02 Å². The Morgan fingerprint density at radius 1 is 1.23 bits per heavy atom. The van der Waals surface area contributed by atoms with Crippen LogP contribution < -0.4 is 10.0 Å². The second-order valence-corrected chi connectivity index (χ2v) is 8.87. The van der Waals surface area contributed by atoms with Crippen LogP contribution in [-0.2, 0) is 34.0 Å².